The number of hydrogen-bond acceptors (Lipinski definition) is 5. The molecule has 0 bridgehead atoms. The average Bonchev–Trinajstić information content (AvgIpc) is 2.81. The normalized spacial score (nSPS) is 10.9. The minimum Gasteiger partial charge on any atom is -0.324 e. The van der Waals surface area contributed by atoms with Crippen molar-refractivity contribution < 1.29 is 0 Å². The first-order valence-corrected chi connectivity index (χ1v) is 7.45. The van der Waals surface area contributed by atoms with Gasteiger partial charge in [-0.3, -0.25) is 0 Å². The van der Waals surface area contributed by atoms with Crippen molar-refractivity contribution in [2.24, 2.45) is 5.73 Å². The zero-order chi connectivity index (χ0) is 13.8. The van der Waals surface area contributed by atoms with E-state index >= 15 is 0 Å². The summed E-state index contributed by atoms with van der Waals surface area (Å²) in [5.41, 5.74) is 6.34. The van der Waals surface area contributed by atoms with E-state index in [4.69, 9.17) is 28.9 Å². The molecule has 19 heavy (non-hydrogen) atoms. The first-order chi connectivity index (χ1) is 9.15. The third-order valence-electron chi connectivity index (χ3n) is 2.51. The first-order valence-electron chi connectivity index (χ1n) is 5.71. The fraction of sp³-hybridized carbons (Fsp3) is 0.364. The summed E-state index contributed by atoms with van der Waals surface area (Å²) in [5.74, 6) is 1.36. The van der Waals surface area contributed by atoms with Crippen LogP contribution in [0.2, 0.25) is 10.2 Å². The van der Waals surface area contributed by atoms with Gasteiger partial charge in [-0.1, -0.05) is 35.0 Å². The van der Waals surface area contributed by atoms with E-state index in [1.165, 1.54) is 11.8 Å². The summed E-state index contributed by atoms with van der Waals surface area (Å²) >= 11 is 13.4. The van der Waals surface area contributed by atoms with Crippen LogP contribution in [0.1, 0.15) is 18.4 Å². The molecule has 0 aliphatic carbocycles. The van der Waals surface area contributed by atoms with Crippen LogP contribution in [0.5, 0.6) is 0 Å². The third-order valence-corrected chi connectivity index (χ3v) is 4.05. The van der Waals surface area contributed by atoms with Crippen LogP contribution in [0.4, 0.5) is 0 Å². The minimum absolute atomic E-state index is 0.373. The molecule has 0 radical (unpaired) electrons. The van der Waals surface area contributed by atoms with Gasteiger partial charge in [-0.25, -0.2) is 4.98 Å². The summed E-state index contributed by atoms with van der Waals surface area (Å²) in [6.45, 7) is 3.17. The summed E-state index contributed by atoms with van der Waals surface area (Å²) in [5, 5.41) is 9.99. The molecule has 2 heterocycles. The van der Waals surface area contributed by atoms with Crippen molar-refractivity contribution in [1.82, 2.24) is 19.7 Å². The highest BCUT2D eigenvalue weighted by Crippen LogP contribution is 2.26. The fourth-order valence-corrected chi connectivity index (χ4v) is 2.98. The van der Waals surface area contributed by atoms with Gasteiger partial charge in [0.1, 0.15) is 11.0 Å². The number of aromatic nitrogens is 4. The van der Waals surface area contributed by atoms with Gasteiger partial charge in [-0.15, -0.1) is 10.2 Å². The van der Waals surface area contributed by atoms with E-state index in [0.717, 1.165) is 23.2 Å². The summed E-state index contributed by atoms with van der Waals surface area (Å²) in [7, 11) is 0. The number of nitrogens with two attached hydrogens (primary N) is 1. The smallest absolute Gasteiger partial charge is 0.191 e. The van der Waals surface area contributed by atoms with Gasteiger partial charge < -0.3 is 10.3 Å². The predicted octanol–water partition coefficient (Wildman–Crippen LogP) is 2.75. The van der Waals surface area contributed by atoms with Crippen molar-refractivity contribution in [2.75, 3.05) is 0 Å². The summed E-state index contributed by atoms with van der Waals surface area (Å²) in [6, 6.07) is 3.40. The van der Waals surface area contributed by atoms with Gasteiger partial charge in [0.25, 0.3) is 0 Å². The number of thioether (sulfide) groups is 1. The van der Waals surface area contributed by atoms with Gasteiger partial charge >= 0.3 is 0 Å². The highest BCUT2D eigenvalue weighted by Gasteiger charge is 2.11. The maximum atomic E-state index is 6.07. The standard InChI is InChI=1S/C11H13Cl2N5S/c1-2-18-10(5-14)16-17-11(18)19-6-8-7(12)3-4-9(13)15-8/h3-4H,2,5-6,14H2,1H3. The number of nitrogens with zero attached hydrogens (tertiary/aromatic N) is 4. The van der Waals surface area contributed by atoms with Crippen molar-refractivity contribution in [3.8, 4) is 0 Å². The Hall–Kier alpha value is -0.820. The number of pyridine rings is 1. The van der Waals surface area contributed by atoms with E-state index in [9.17, 15) is 0 Å². The monoisotopic (exact) mass is 317 g/mol. The van der Waals surface area contributed by atoms with Crippen LogP contribution in [0, 0.1) is 0 Å². The molecule has 0 fully saturated rings. The SMILES string of the molecule is CCn1c(CN)nnc1SCc1nc(Cl)ccc1Cl. The van der Waals surface area contributed by atoms with E-state index < -0.39 is 0 Å². The summed E-state index contributed by atoms with van der Waals surface area (Å²) in [4.78, 5) is 4.20. The molecule has 5 nitrogen and oxygen atoms in total. The van der Waals surface area contributed by atoms with Crippen molar-refractivity contribution in [1.29, 1.82) is 0 Å². The summed E-state index contributed by atoms with van der Waals surface area (Å²) < 4.78 is 1.98. The molecule has 0 unspecified atom stereocenters. The summed E-state index contributed by atoms with van der Waals surface area (Å²) in [6.07, 6.45) is 0. The Labute approximate surface area is 125 Å². The second kappa shape index (κ2) is 6.56. The lowest BCUT2D eigenvalue weighted by molar-refractivity contribution is 0.643. The number of halogens is 2. The first kappa shape index (κ1) is 14.6. The van der Waals surface area contributed by atoms with Crippen LogP contribution in [-0.4, -0.2) is 19.7 Å². The second-order valence-electron chi connectivity index (χ2n) is 3.70. The Morgan fingerprint density at radius 3 is 2.79 bits per heavy atom. The highest BCUT2D eigenvalue weighted by molar-refractivity contribution is 7.98. The molecule has 2 N–H and O–H groups in total. The van der Waals surface area contributed by atoms with Crippen molar-refractivity contribution in [2.45, 2.75) is 30.9 Å². The maximum absolute atomic E-state index is 6.07. The van der Waals surface area contributed by atoms with Crippen LogP contribution >= 0.6 is 35.0 Å². The topological polar surface area (TPSA) is 69.6 Å². The molecule has 0 aliphatic heterocycles. The van der Waals surface area contributed by atoms with Gasteiger partial charge in [0, 0.05) is 12.3 Å². The Morgan fingerprint density at radius 1 is 1.32 bits per heavy atom. The van der Waals surface area contributed by atoms with Crippen LogP contribution in [0.15, 0.2) is 17.3 Å². The zero-order valence-corrected chi connectivity index (χ0v) is 12.6. The van der Waals surface area contributed by atoms with Crippen LogP contribution in [0.3, 0.4) is 0 Å². The lowest BCUT2D eigenvalue weighted by atomic mass is 10.4. The highest BCUT2D eigenvalue weighted by atomic mass is 35.5. The van der Waals surface area contributed by atoms with Crippen molar-refractivity contribution in [3.63, 3.8) is 0 Å². The molecule has 0 atom stereocenters. The molecule has 0 amide bonds. The van der Waals surface area contributed by atoms with E-state index in [2.05, 4.69) is 15.2 Å². The fourth-order valence-electron chi connectivity index (χ4n) is 1.59. The maximum Gasteiger partial charge on any atom is 0.191 e. The van der Waals surface area contributed by atoms with Crippen LogP contribution in [0.25, 0.3) is 0 Å². The quantitative estimate of drug-likeness (QED) is 0.678. The zero-order valence-electron chi connectivity index (χ0n) is 10.3. The Balaban J connectivity index is 2.14. The Morgan fingerprint density at radius 2 is 2.11 bits per heavy atom. The lowest BCUT2D eigenvalue weighted by Gasteiger charge is -2.06. The molecule has 0 saturated carbocycles. The minimum atomic E-state index is 0.373. The third kappa shape index (κ3) is 3.39. The largest absolute Gasteiger partial charge is 0.324 e. The molecular weight excluding hydrogens is 305 g/mol. The van der Waals surface area contributed by atoms with Crippen molar-refractivity contribution in [3.05, 3.63) is 33.8 Å². The molecular formula is C11H13Cl2N5S. The van der Waals surface area contributed by atoms with Crippen LogP contribution < -0.4 is 5.73 Å². The molecule has 0 saturated heterocycles. The Kier molecular flexibility index (Phi) is 5.04. The van der Waals surface area contributed by atoms with Gasteiger partial charge in [0.05, 0.1) is 17.3 Å². The van der Waals surface area contributed by atoms with Crippen LogP contribution in [-0.2, 0) is 18.8 Å². The molecule has 102 valence electrons. The Bertz CT molecular complexity index is 572. The van der Waals surface area contributed by atoms with Crippen molar-refractivity contribution >= 4 is 35.0 Å². The van der Waals surface area contributed by atoms with Gasteiger partial charge in [-0.2, -0.15) is 0 Å². The van der Waals surface area contributed by atoms with Gasteiger partial charge in [0.15, 0.2) is 5.16 Å². The average molecular weight is 318 g/mol. The molecule has 2 aromatic heterocycles. The molecule has 2 aromatic rings. The molecule has 2 rings (SSSR count). The van der Waals surface area contributed by atoms with E-state index in [1.807, 2.05) is 11.5 Å². The van der Waals surface area contributed by atoms with E-state index in [0.29, 0.717) is 22.5 Å². The number of rotatable bonds is 5. The lowest BCUT2D eigenvalue weighted by Crippen LogP contribution is -2.08. The van der Waals surface area contributed by atoms with Gasteiger partial charge in [0.2, 0.25) is 0 Å². The van der Waals surface area contributed by atoms with Gasteiger partial charge in [-0.05, 0) is 19.1 Å². The molecule has 0 spiro atoms. The molecule has 0 aromatic carbocycles. The predicted molar refractivity (Wildman–Crippen MR) is 77.4 cm³/mol. The van der Waals surface area contributed by atoms with E-state index in [1.54, 1.807) is 12.1 Å². The molecule has 8 heteroatoms. The molecule has 0 aliphatic rings. The van der Waals surface area contributed by atoms with E-state index in [-0.39, 0.29) is 0 Å². The second-order valence-corrected chi connectivity index (χ2v) is 5.44. The number of hydrogen-bond donors (Lipinski definition) is 1.